The van der Waals surface area contributed by atoms with E-state index in [2.05, 4.69) is 62.0 Å². The summed E-state index contributed by atoms with van der Waals surface area (Å²) >= 11 is 0. The predicted octanol–water partition coefficient (Wildman–Crippen LogP) is 8.13. The second-order valence-corrected chi connectivity index (χ2v) is 5.92. The summed E-state index contributed by atoms with van der Waals surface area (Å²) in [7, 11) is 0. The van der Waals surface area contributed by atoms with Crippen LogP contribution in [-0.4, -0.2) is 0 Å². The van der Waals surface area contributed by atoms with Crippen LogP contribution in [0.15, 0.2) is 55.1 Å². The van der Waals surface area contributed by atoms with Crippen LogP contribution in [0.2, 0.25) is 0 Å². The van der Waals surface area contributed by atoms with Crippen molar-refractivity contribution in [2.45, 2.75) is 34.6 Å². The lowest BCUT2D eigenvalue weighted by atomic mass is 9.94. The third kappa shape index (κ3) is 2.28. The number of fused-ring (bicyclic) bond motifs is 1. The van der Waals surface area contributed by atoms with E-state index in [0.717, 1.165) is 0 Å². The van der Waals surface area contributed by atoms with Crippen molar-refractivity contribution in [2.24, 2.45) is 0 Å². The SMILES string of the molecule is C=Cc1ccc2ccc3ccc4ccc(C)c5c4c3c2c1-5.CC.CC. The first-order valence-corrected chi connectivity index (χ1v) is 9.34. The third-order valence-electron chi connectivity index (χ3n) is 4.86. The Kier molecular flexibility index (Phi) is 4.63. The van der Waals surface area contributed by atoms with Gasteiger partial charge in [0, 0.05) is 0 Å². The zero-order valence-corrected chi connectivity index (χ0v) is 15.9. The Bertz CT molecular complexity index is 1090. The van der Waals surface area contributed by atoms with Gasteiger partial charge >= 0.3 is 0 Å². The smallest absolute Gasteiger partial charge is 0.00140 e. The molecular formula is C25H26. The highest BCUT2D eigenvalue weighted by atomic mass is 14.3. The summed E-state index contributed by atoms with van der Waals surface area (Å²) in [6, 6.07) is 17.9. The van der Waals surface area contributed by atoms with Gasteiger partial charge in [-0.2, -0.15) is 0 Å². The van der Waals surface area contributed by atoms with Gasteiger partial charge in [0.2, 0.25) is 0 Å². The van der Waals surface area contributed by atoms with Gasteiger partial charge in [0.25, 0.3) is 0 Å². The van der Waals surface area contributed by atoms with Crippen molar-refractivity contribution < 1.29 is 0 Å². The summed E-state index contributed by atoms with van der Waals surface area (Å²) in [6.45, 7) is 14.2. The van der Waals surface area contributed by atoms with Crippen LogP contribution in [0.1, 0.15) is 38.8 Å². The van der Waals surface area contributed by atoms with Crippen LogP contribution >= 0.6 is 0 Å². The van der Waals surface area contributed by atoms with Crippen LogP contribution in [-0.2, 0) is 0 Å². The average Bonchev–Trinajstić information content (AvgIpc) is 3.06. The van der Waals surface area contributed by atoms with Crippen LogP contribution in [0, 0.1) is 6.92 Å². The van der Waals surface area contributed by atoms with E-state index >= 15 is 0 Å². The molecular weight excluding hydrogens is 300 g/mol. The molecule has 0 aromatic heterocycles. The van der Waals surface area contributed by atoms with Gasteiger partial charge in [-0.25, -0.2) is 0 Å². The topological polar surface area (TPSA) is 0 Å². The van der Waals surface area contributed by atoms with Crippen LogP contribution in [0.4, 0.5) is 0 Å². The summed E-state index contributed by atoms with van der Waals surface area (Å²) in [5, 5.41) is 8.24. The first kappa shape index (κ1) is 17.2. The molecule has 0 saturated carbocycles. The normalized spacial score (nSPS) is 10.8. The molecule has 126 valence electrons. The maximum absolute atomic E-state index is 4.02. The van der Waals surface area contributed by atoms with Gasteiger partial charge in [-0.15, -0.1) is 0 Å². The summed E-state index contributed by atoms with van der Waals surface area (Å²) in [5.41, 5.74) is 5.36. The van der Waals surface area contributed by atoms with Crippen molar-refractivity contribution >= 4 is 38.4 Å². The Hall–Kier alpha value is -2.60. The number of benzene rings is 4. The summed E-state index contributed by atoms with van der Waals surface area (Å²) in [6.07, 6.45) is 1.98. The molecule has 4 aromatic carbocycles. The minimum Gasteiger partial charge on any atom is -0.0984 e. The van der Waals surface area contributed by atoms with Crippen molar-refractivity contribution in [3.05, 3.63) is 66.2 Å². The van der Waals surface area contributed by atoms with E-state index in [1.54, 1.807) is 0 Å². The van der Waals surface area contributed by atoms with Gasteiger partial charge < -0.3 is 0 Å². The van der Waals surface area contributed by atoms with E-state index in [1.807, 2.05) is 33.8 Å². The molecule has 0 heteroatoms. The molecule has 1 aliphatic rings. The minimum atomic E-state index is 1.24. The van der Waals surface area contributed by atoms with Crippen LogP contribution in [0.25, 0.3) is 49.5 Å². The van der Waals surface area contributed by atoms with Crippen molar-refractivity contribution in [3.63, 3.8) is 0 Å². The largest absolute Gasteiger partial charge is 0.0984 e. The van der Waals surface area contributed by atoms with Crippen molar-refractivity contribution in [1.82, 2.24) is 0 Å². The van der Waals surface area contributed by atoms with E-state index in [0.29, 0.717) is 0 Å². The van der Waals surface area contributed by atoms with Gasteiger partial charge in [-0.3, -0.25) is 0 Å². The maximum atomic E-state index is 4.02. The van der Waals surface area contributed by atoms with Gasteiger partial charge in [-0.1, -0.05) is 88.9 Å². The Morgan fingerprint density at radius 2 is 1.04 bits per heavy atom. The quantitative estimate of drug-likeness (QED) is 0.273. The van der Waals surface area contributed by atoms with Crippen LogP contribution in [0.3, 0.4) is 0 Å². The standard InChI is InChI=1S/C21H14.2C2H6/c1-3-13-6-7-15-10-11-16-9-8-14-5-4-12(2)17-18(13)20(15)21(16)19(14)17;2*1-2/h3-11H,1H2,2H3;2*1-2H3. The number of rotatable bonds is 1. The molecule has 0 radical (unpaired) electrons. The van der Waals surface area contributed by atoms with E-state index in [9.17, 15) is 0 Å². The summed E-state index contributed by atoms with van der Waals surface area (Å²) in [5.74, 6) is 0. The Morgan fingerprint density at radius 1 is 0.600 bits per heavy atom. The molecule has 4 aromatic rings. The molecule has 0 bridgehead atoms. The lowest BCUT2D eigenvalue weighted by Crippen LogP contribution is -1.85. The number of hydrogen-bond donors (Lipinski definition) is 0. The average molecular weight is 326 g/mol. The minimum absolute atomic E-state index is 1.24. The van der Waals surface area contributed by atoms with Crippen LogP contribution < -0.4 is 0 Å². The third-order valence-corrected chi connectivity index (χ3v) is 4.86. The van der Waals surface area contributed by atoms with E-state index in [4.69, 9.17) is 0 Å². The Morgan fingerprint density at radius 3 is 1.60 bits per heavy atom. The molecule has 5 rings (SSSR count). The Labute approximate surface area is 150 Å². The van der Waals surface area contributed by atoms with Gasteiger partial charge in [0.1, 0.15) is 0 Å². The van der Waals surface area contributed by atoms with Crippen molar-refractivity contribution in [3.8, 4) is 11.1 Å². The molecule has 0 amide bonds. The summed E-state index contributed by atoms with van der Waals surface area (Å²) in [4.78, 5) is 0. The lowest BCUT2D eigenvalue weighted by Gasteiger charge is -2.09. The molecule has 25 heavy (non-hydrogen) atoms. The molecule has 0 saturated heterocycles. The molecule has 0 fully saturated rings. The molecule has 0 nitrogen and oxygen atoms in total. The number of aryl methyl sites for hydroxylation is 1. The highest BCUT2D eigenvalue weighted by molar-refractivity contribution is 6.34. The van der Waals surface area contributed by atoms with Gasteiger partial charge in [-0.05, 0) is 61.5 Å². The molecule has 1 aliphatic carbocycles. The molecule has 0 N–H and O–H groups in total. The Balaban J connectivity index is 0.000000428. The maximum Gasteiger partial charge on any atom is -0.00140 e. The fourth-order valence-electron chi connectivity index (χ4n) is 3.93. The molecule has 0 unspecified atom stereocenters. The van der Waals surface area contributed by atoms with Crippen molar-refractivity contribution in [2.75, 3.05) is 0 Å². The van der Waals surface area contributed by atoms with E-state index in [1.165, 1.54) is 54.6 Å². The number of hydrogen-bond acceptors (Lipinski definition) is 0. The fourth-order valence-corrected chi connectivity index (χ4v) is 3.93. The monoisotopic (exact) mass is 326 g/mol. The first-order chi connectivity index (χ1) is 12.3. The lowest BCUT2D eigenvalue weighted by molar-refractivity contribution is 1.50. The zero-order valence-electron chi connectivity index (χ0n) is 15.9. The van der Waals surface area contributed by atoms with Crippen molar-refractivity contribution in [1.29, 1.82) is 0 Å². The van der Waals surface area contributed by atoms with Gasteiger partial charge in [0.15, 0.2) is 0 Å². The van der Waals surface area contributed by atoms with E-state index in [-0.39, 0.29) is 0 Å². The highest BCUT2D eigenvalue weighted by Gasteiger charge is 2.23. The second kappa shape index (κ2) is 6.72. The predicted molar refractivity (Wildman–Crippen MR) is 115 cm³/mol. The zero-order chi connectivity index (χ0) is 18.1. The molecule has 0 spiro atoms. The molecule has 0 heterocycles. The van der Waals surface area contributed by atoms with Crippen LogP contribution in [0.5, 0.6) is 0 Å². The summed E-state index contributed by atoms with van der Waals surface area (Å²) < 4.78 is 0. The van der Waals surface area contributed by atoms with Gasteiger partial charge in [0.05, 0.1) is 0 Å². The second-order valence-electron chi connectivity index (χ2n) is 5.92. The fraction of sp³-hybridized carbons (Fsp3) is 0.200. The highest BCUT2D eigenvalue weighted by Crippen LogP contribution is 2.50. The van der Waals surface area contributed by atoms with E-state index < -0.39 is 0 Å². The first-order valence-electron chi connectivity index (χ1n) is 9.34. The molecule has 0 aliphatic heterocycles. The molecule has 0 atom stereocenters.